The lowest BCUT2D eigenvalue weighted by molar-refractivity contribution is -0.120. The summed E-state index contributed by atoms with van der Waals surface area (Å²) < 4.78 is 0. The molecule has 1 heterocycles. The number of hydrogen-bond donors (Lipinski definition) is 1. The average Bonchev–Trinajstić information content (AvgIpc) is 3.25. The van der Waals surface area contributed by atoms with Gasteiger partial charge in [0, 0.05) is 17.8 Å². The van der Waals surface area contributed by atoms with Crippen LogP contribution in [0.2, 0.25) is 0 Å². The second kappa shape index (κ2) is 6.44. The van der Waals surface area contributed by atoms with E-state index < -0.39 is 0 Å². The van der Waals surface area contributed by atoms with E-state index in [9.17, 15) is 4.79 Å². The molecule has 2 bridgehead atoms. The number of allylic oxidation sites excluding steroid dienone is 2. The van der Waals surface area contributed by atoms with Gasteiger partial charge in [0.1, 0.15) is 0 Å². The molecule has 0 aliphatic heterocycles. The Labute approximate surface area is 142 Å². The fraction of sp³-hybridized carbons (Fsp3) is 0.238. The van der Waals surface area contributed by atoms with Gasteiger partial charge in [-0.15, -0.1) is 0 Å². The summed E-state index contributed by atoms with van der Waals surface area (Å²) in [4.78, 5) is 16.8. The fourth-order valence-electron chi connectivity index (χ4n) is 3.69. The van der Waals surface area contributed by atoms with Crippen LogP contribution in [0.3, 0.4) is 0 Å². The van der Waals surface area contributed by atoms with Crippen LogP contribution in [0.4, 0.5) is 5.69 Å². The second-order valence-electron chi connectivity index (χ2n) is 6.59. The second-order valence-corrected chi connectivity index (χ2v) is 6.59. The van der Waals surface area contributed by atoms with Gasteiger partial charge in [-0.2, -0.15) is 0 Å². The van der Waals surface area contributed by atoms with Gasteiger partial charge >= 0.3 is 0 Å². The van der Waals surface area contributed by atoms with Crippen LogP contribution in [0.15, 0.2) is 60.8 Å². The molecular weight excluding hydrogens is 296 g/mol. The van der Waals surface area contributed by atoms with Crippen molar-refractivity contribution in [1.82, 2.24) is 4.98 Å². The summed E-state index contributed by atoms with van der Waals surface area (Å²) in [6, 6.07) is 13.8. The number of carbonyl (C=O) groups excluding carboxylic acids is 1. The molecule has 2 aliphatic carbocycles. The van der Waals surface area contributed by atoms with Gasteiger partial charge in [-0.05, 0) is 60.6 Å². The molecule has 0 spiro atoms. The van der Waals surface area contributed by atoms with E-state index in [-0.39, 0.29) is 11.8 Å². The predicted octanol–water partition coefficient (Wildman–Crippen LogP) is 4.40. The molecule has 2 aromatic rings. The van der Waals surface area contributed by atoms with Crippen molar-refractivity contribution in [3.63, 3.8) is 0 Å². The number of nitrogens with zero attached hydrogens (tertiary/aromatic N) is 1. The number of anilines is 1. The van der Waals surface area contributed by atoms with Crippen molar-refractivity contribution in [2.45, 2.75) is 12.8 Å². The number of rotatable bonds is 4. The lowest BCUT2D eigenvalue weighted by atomic mass is 9.93. The van der Waals surface area contributed by atoms with Gasteiger partial charge in [-0.1, -0.05) is 36.4 Å². The van der Waals surface area contributed by atoms with Crippen molar-refractivity contribution in [1.29, 1.82) is 0 Å². The molecule has 3 nitrogen and oxygen atoms in total. The Morgan fingerprint density at radius 3 is 2.79 bits per heavy atom. The Balaban J connectivity index is 1.44. The van der Waals surface area contributed by atoms with Crippen molar-refractivity contribution < 1.29 is 4.79 Å². The van der Waals surface area contributed by atoms with Crippen LogP contribution in [-0.4, -0.2) is 10.9 Å². The number of amides is 1. The van der Waals surface area contributed by atoms with Gasteiger partial charge in [-0.3, -0.25) is 9.78 Å². The maximum absolute atomic E-state index is 12.5. The highest BCUT2D eigenvalue weighted by Crippen LogP contribution is 2.43. The first-order chi connectivity index (χ1) is 11.8. The Hall–Kier alpha value is -2.68. The summed E-state index contributed by atoms with van der Waals surface area (Å²) in [7, 11) is 0. The SMILES string of the molecule is O=C(Nc1cccc(C=Cc2ccccn2)c1)C1CC2C=CC1C2. The van der Waals surface area contributed by atoms with Crippen molar-refractivity contribution in [3.05, 3.63) is 72.1 Å². The van der Waals surface area contributed by atoms with Crippen LogP contribution in [0.25, 0.3) is 12.2 Å². The lowest BCUT2D eigenvalue weighted by Crippen LogP contribution is -2.25. The third-order valence-corrected chi connectivity index (χ3v) is 4.90. The van der Waals surface area contributed by atoms with Crippen molar-refractivity contribution in [2.24, 2.45) is 17.8 Å². The third kappa shape index (κ3) is 3.16. The van der Waals surface area contributed by atoms with Gasteiger partial charge in [0.2, 0.25) is 5.91 Å². The van der Waals surface area contributed by atoms with Crippen LogP contribution in [0, 0.1) is 17.8 Å². The van der Waals surface area contributed by atoms with Crippen LogP contribution in [-0.2, 0) is 4.79 Å². The van der Waals surface area contributed by atoms with Gasteiger partial charge in [-0.25, -0.2) is 0 Å². The molecule has 1 aromatic heterocycles. The summed E-state index contributed by atoms with van der Waals surface area (Å²) in [5, 5.41) is 3.08. The molecule has 3 heteroatoms. The van der Waals surface area contributed by atoms with E-state index >= 15 is 0 Å². The highest BCUT2D eigenvalue weighted by atomic mass is 16.1. The predicted molar refractivity (Wildman–Crippen MR) is 97.1 cm³/mol. The number of aromatic nitrogens is 1. The van der Waals surface area contributed by atoms with Gasteiger partial charge in [0.25, 0.3) is 0 Å². The highest BCUT2D eigenvalue weighted by molar-refractivity contribution is 5.93. The molecule has 1 fully saturated rings. The Morgan fingerprint density at radius 2 is 2.04 bits per heavy atom. The first-order valence-corrected chi connectivity index (χ1v) is 8.46. The zero-order valence-electron chi connectivity index (χ0n) is 13.4. The normalized spacial score (nSPS) is 24.6. The lowest BCUT2D eigenvalue weighted by Gasteiger charge is -2.17. The maximum atomic E-state index is 12.5. The van der Waals surface area contributed by atoms with E-state index in [1.807, 2.05) is 54.6 Å². The number of carbonyl (C=O) groups is 1. The molecule has 3 unspecified atom stereocenters. The summed E-state index contributed by atoms with van der Waals surface area (Å²) in [5.74, 6) is 1.33. The minimum absolute atomic E-state index is 0.132. The van der Waals surface area contributed by atoms with E-state index in [1.54, 1.807) is 6.20 Å². The summed E-state index contributed by atoms with van der Waals surface area (Å²) in [6.07, 6.45) is 12.4. The summed E-state index contributed by atoms with van der Waals surface area (Å²) in [6.45, 7) is 0. The minimum atomic E-state index is 0.132. The molecule has 120 valence electrons. The number of benzene rings is 1. The molecule has 1 saturated carbocycles. The van der Waals surface area contributed by atoms with Gasteiger partial charge in [0.05, 0.1) is 5.69 Å². The molecule has 4 rings (SSSR count). The van der Waals surface area contributed by atoms with E-state index in [2.05, 4.69) is 22.5 Å². The standard InChI is InChI=1S/C21H20N2O/c24-21(20-14-16-7-9-17(20)12-16)23-19-6-3-4-15(13-19)8-10-18-5-1-2-11-22-18/h1-11,13,16-17,20H,12,14H2,(H,23,24). The first-order valence-electron chi connectivity index (χ1n) is 8.46. The molecule has 3 atom stereocenters. The minimum Gasteiger partial charge on any atom is -0.326 e. The van der Waals surface area contributed by atoms with E-state index in [0.717, 1.165) is 29.8 Å². The van der Waals surface area contributed by atoms with Crippen LogP contribution >= 0.6 is 0 Å². The van der Waals surface area contributed by atoms with E-state index in [1.165, 1.54) is 0 Å². The molecule has 0 saturated heterocycles. The van der Waals surface area contributed by atoms with Crippen LogP contribution in [0.5, 0.6) is 0 Å². The van der Waals surface area contributed by atoms with E-state index in [0.29, 0.717) is 11.8 Å². The maximum Gasteiger partial charge on any atom is 0.228 e. The zero-order valence-corrected chi connectivity index (χ0v) is 13.4. The highest BCUT2D eigenvalue weighted by Gasteiger charge is 2.39. The molecular formula is C21H20N2O. The molecule has 1 N–H and O–H groups in total. The number of nitrogens with one attached hydrogen (secondary N) is 1. The molecule has 1 aromatic carbocycles. The number of hydrogen-bond acceptors (Lipinski definition) is 2. The largest absolute Gasteiger partial charge is 0.326 e. The average molecular weight is 316 g/mol. The van der Waals surface area contributed by atoms with Crippen LogP contribution in [0.1, 0.15) is 24.1 Å². The number of pyridine rings is 1. The summed E-state index contributed by atoms with van der Waals surface area (Å²) in [5.41, 5.74) is 2.82. The molecule has 2 aliphatic rings. The zero-order chi connectivity index (χ0) is 16.4. The van der Waals surface area contributed by atoms with Crippen molar-refractivity contribution in [2.75, 3.05) is 5.32 Å². The Kier molecular flexibility index (Phi) is 3.99. The number of fused-ring (bicyclic) bond motifs is 2. The van der Waals surface area contributed by atoms with Crippen LogP contribution < -0.4 is 5.32 Å². The first kappa shape index (κ1) is 14.9. The topological polar surface area (TPSA) is 42.0 Å². The quantitative estimate of drug-likeness (QED) is 0.849. The molecule has 0 radical (unpaired) electrons. The molecule has 1 amide bonds. The van der Waals surface area contributed by atoms with Gasteiger partial charge in [0.15, 0.2) is 0 Å². The smallest absolute Gasteiger partial charge is 0.228 e. The van der Waals surface area contributed by atoms with E-state index in [4.69, 9.17) is 0 Å². The Bertz CT molecular complexity index is 794. The Morgan fingerprint density at radius 1 is 1.08 bits per heavy atom. The summed E-state index contributed by atoms with van der Waals surface area (Å²) >= 11 is 0. The van der Waals surface area contributed by atoms with Crippen molar-refractivity contribution >= 4 is 23.7 Å². The molecule has 24 heavy (non-hydrogen) atoms. The van der Waals surface area contributed by atoms with Gasteiger partial charge < -0.3 is 5.32 Å². The fourth-order valence-corrected chi connectivity index (χ4v) is 3.69. The third-order valence-electron chi connectivity index (χ3n) is 4.90. The van der Waals surface area contributed by atoms with Crippen molar-refractivity contribution in [3.8, 4) is 0 Å². The monoisotopic (exact) mass is 316 g/mol.